The van der Waals surface area contributed by atoms with E-state index in [0.29, 0.717) is 30.7 Å². The van der Waals surface area contributed by atoms with Crippen LogP contribution in [0, 0.1) is 0 Å². The molecule has 6 heteroatoms. The second-order valence-electron chi connectivity index (χ2n) is 5.58. The van der Waals surface area contributed by atoms with Gasteiger partial charge in [-0.3, -0.25) is 0 Å². The van der Waals surface area contributed by atoms with Crippen LogP contribution in [0.15, 0.2) is 47.1 Å². The molecule has 0 aliphatic rings. The summed E-state index contributed by atoms with van der Waals surface area (Å²) in [4.78, 5) is 0. The van der Waals surface area contributed by atoms with E-state index < -0.39 is 17.8 Å². The van der Waals surface area contributed by atoms with Crippen LogP contribution in [-0.2, 0) is 12.6 Å². The molecule has 1 heterocycles. The van der Waals surface area contributed by atoms with Gasteiger partial charge in [0.25, 0.3) is 0 Å². The van der Waals surface area contributed by atoms with Crippen LogP contribution < -0.4 is 5.32 Å². The molecule has 2 N–H and O–H groups in total. The van der Waals surface area contributed by atoms with Gasteiger partial charge < -0.3 is 14.8 Å². The number of furan rings is 1. The molecule has 2 unspecified atom stereocenters. The van der Waals surface area contributed by atoms with E-state index in [-0.39, 0.29) is 6.04 Å². The van der Waals surface area contributed by atoms with Crippen molar-refractivity contribution in [3.05, 3.63) is 59.5 Å². The molecule has 0 aliphatic heterocycles. The molecule has 2 rings (SSSR count). The molecule has 0 bridgehead atoms. The maximum atomic E-state index is 12.7. The summed E-state index contributed by atoms with van der Waals surface area (Å²) in [5, 5.41) is 13.0. The Morgan fingerprint density at radius 2 is 2.00 bits per heavy atom. The normalized spacial score (nSPS) is 14.7. The molecule has 0 aliphatic carbocycles. The van der Waals surface area contributed by atoms with E-state index >= 15 is 0 Å². The largest absolute Gasteiger partial charge is 0.467 e. The summed E-state index contributed by atoms with van der Waals surface area (Å²) in [5.41, 5.74) is 0.0314. The molecular weight excluding hydrogens is 307 g/mol. The predicted molar refractivity (Wildman–Crippen MR) is 80.9 cm³/mol. The summed E-state index contributed by atoms with van der Waals surface area (Å²) in [6.07, 6.45) is -2.34. The van der Waals surface area contributed by atoms with E-state index in [4.69, 9.17) is 4.42 Å². The summed E-state index contributed by atoms with van der Waals surface area (Å²) < 4.78 is 43.1. The third-order valence-corrected chi connectivity index (χ3v) is 3.65. The van der Waals surface area contributed by atoms with E-state index in [9.17, 15) is 18.3 Å². The number of hydrogen-bond acceptors (Lipinski definition) is 3. The molecule has 23 heavy (non-hydrogen) atoms. The SMILES string of the molecule is CC(CCc1cccc(C(F)(F)F)c1)NCC(O)c1ccco1. The zero-order chi connectivity index (χ0) is 16.9. The number of hydrogen-bond donors (Lipinski definition) is 2. The van der Waals surface area contributed by atoms with Crippen LogP contribution in [0.3, 0.4) is 0 Å². The Kier molecular flexibility index (Phi) is 5.85. The van der Waals surface area contributed by atoms with Crippen molar-refractivity contribution in [1.29, 1.82) is 0 Å². The fourth-order valence-corrected chi connectivity index (χ4v) is 2.28. The Labute approximate surface area is 133 Å². The van der Waals surface area contributed by atoms with Gasteiger partial charge in [0, 0.05) is 12.6 Å². The van der Waals surface area contributed by atoms with Crippen molar-refractivity contribution in [3.8, 4) is 0 Å². The van der Waals surface area contributed by atoms with E-state index in [0.717, 1.165) is 6.07 Å². The fraction of sp³-hybridized carbons (Fsp3) is 0.412. The van der Waals surface area contributed by atoms with Crippen LogP contribution in [0.25, 0.3) is 0 Å². The molecule has 2 aromatic rings. The lowest BCUT2D eigenvalue weighted by Gasteiger charge is -2.16. The van der Waals surface area contributed by atoms with Crippen LogP contribution in [0.4, 0.5) is 13.2 Å². The quantitative estimate of drug-likeness (QED) is 0.809. The average molecular weight is 327 g/mol. The van der Waals surface area contributed by atoms with Crippen molar-refractivity contribution < 1.29 is 22.7 Å². The minimum Gasteiger partial charge on any atom is -0.467 e. The van der Waals surface area contributed by atoms with Crippen molar-refractivity contribution in [3.63, 3.8) is 0 Å². The highest BCUT2D eigenvalue weighted by Crippen LogP contribution is 2.29. The third kappa shape index (κ3) is 5.41. The minimum absolute atomic E-state index is 0.0640. The van der Waals surface area contributed by atoms with E-state index in [1.165, 1.54) is 18.4 Å². The fourth-order valence-electron chi connectivity index (χ4n) is 2.28. The van der Waals surface area contributed by atoms with Crippen LogP contribution >= 0.6 is 0 Å². The van der Waals surface area contributed by atoms with Gasteiger partial charge in [0.15, 0.2) is 0 Å². The van der Waals surface area contributed by atoms with Gasteiger partial charge >= 0.3 is 6.18 Å². The van der Waals surface area contributed by atoms with Gasteiger partial charge in [-0.05, 0) is 43.5 Å². The van der Waals surface area contributed by atoms with Crippen molar-refractivity contribution >= 4 is 0 Å². The smallest absolute Gasteiger partial charge is 0.416 e. The maximum absolute atomic E-state index is 12.7. The topological polar surface area (TPSA) is 45.4 Å². The summed E-state index contributed by atoms with van der Waals surface area (Å²) in [7, 11) is 0. The molecular formula is C17H20F3NO2. The Bertz CT molecular complexity index is 596. The zero-order valence-corrected chi connectivity index (χ0v) is 12.8. The number of halogens is 3. The van der Waals surface area contributed by atoms with Gasteiger partial charge in [-0.2, -0.15) is 13.2 Å². The summed E-state index contributed by atoms with van der Waals surface area (Å²) in [5.74, 6) is 0.488. The number of benzene rings is 1. The van der Waals surface area contributed by atoms with Crippen LogP contribution in [0.1, 0.15) is 36.3 Å². The monoisotopic (exact) mass is 327 g/mol. The number of aryl methyl sites for hydroxylation is 1. The lowest BCUT2D eigenvalue weighted by atomic mass is 10.0. The van der Waals surface area contributed by atoms with Crippen molar-refractivity contribution in [2.24, 2.45) is 0 Å². The first kappa shape index (κ1) is 17.6. The highest BCUT2D eigenvalue weighted by Gasteiger charge is 2.30. The number of nitrogens with one attached hydrogen (secondary N) is 1. The van der Waals surface area contributed by atoms with Crippen molar-refractivity contribution in [1.82, 2.24) is 5.32 Å². The predicted octanol–water partition coefficient (Wildman–Crippen LogP) is 3.94. The van der Waals surface area contributed by atoms with Crippen LogP contribution in [0.2, 0.25) is 0 Å². The summed E-state index contributed by atoms with van der Waals surface area (Å²) in [6.45, 7) is 2.26. The highest BCUT2D eigenvalue weighted by atomic mass is 19.4. The molecule has 3 nitrogen and oxygen atoms in total. The summed E-state index contributed by atoms with van der Waals surface area (Å²) >= 11 is 0. The van der Waals surface area contributed by atoms with Crippen LogP contribution in [-0.4, -0.2) is 17.7 Å². The zero-order valence-electron chi connectivity index (χ0n) is 12.8. The van der Waals surface area contributed by atoms with Crippen LogP contribution in [0.5, 0.6) is 0 Å². The van der Waals surface area contributed by atoms with E-state index in [1.54, 1.807) is 18.2 Å². The summed E-state index contributed by atoms with van der Waals surface area (Å²) in [6, 6.07) is 8.84. The number of rotatable bonds is 7. The standard InChI is InChI=1S/C17H20F3NO2/c1-12(21-11-15(22)16-6-3-9-23-16)7-8-13-4-2-5-14(10-13)17(18,19)20/h2-6,9-10,12,15,21-22H,7-8,11H2,1H3. The van der Waals surface area contributed by atoms with Gasteiger partial charge in [0.05, 0.1) is 11.8 Å². The Morgan fingerprint density at radius 3 is 2.65 bits per heavy atom. The Hall–Kier alpha value is -1.79. The third-order valence-electron chi connectivity index (χ3n) is 3.65. The first-order chi connectivity index (χ1) is 10.9. The Morgan fingerprint density at radius 1 is 1.22 bits per heavy atom. The van der Waals surface area contributed by atoms with Gasteiger partial charge in [-0.15, -0.1) is 0 Å². The van der Waals surface area contributed by atoms with Gasteiger partial charge in [-0.25, -0.2) is 0 Å². The van der Waals surface area contributed by atoms with E-state index in [1.807, 2.05) is 6.92 Å². The van der Waals surface area contributed by atoms with Crippen molar-refractivity contribution in [2.45, 2.75) is 38.1 Å². The molecule has 0 radical (unpaired) electrons. The average Bonchev–Trinajstić information content (AvgIpc) is 3.04. The molecule has 0 saturated heterocycles. The molecule has 0 fully saturated rings. The van der Waals surface area contributed by atoms with Crippen molar-refractivity contribution in [2.75, 3.05) is 6.54 Å². The van der Waals surface area contributed by atoms with Gasteiger partial charge in [-0.1, -0.05) is 18.2 Å². The number of alkyl halides is 3. The van der Waals surface area contributed by atoms with Gasteiger partial charge in [0.2, 0.25) is 0 Å². The second kappa shape index (κ2) is 7.66. The molecule has 0 spiro atoms. The number of aliphatic hydroxyl groups is 1. The molecule has 1 aromatic carbocycles. The molecule has 1 aromatic heterocycles. The first-order valence-electron chi connectivity index (χ1n) is 7.47. The first-order valence-corrected chi connectivity index (χ1v) is 7.47. The molecule has 0 saturated carbocycles. The Balaban J connectivity index is 1.79. The molecule has 0 amide bonds. The highest BCUT2D eigenvalue weighted by molar-refractivity contribution is 5.25. The van der Waals surface area contributed by atoms with Gasteiger partial charge in [0.1, 0.15) is 11.9 Å². The lowest BCUT2D eigenvalue weighted by Crippen LogP contribution is -2.30. The minimum atomic E-state index is -4.31. The van der Waals surface area contributed by atoms with E-state index in [2.05, 4.69) is 5.32 Å². The lowest BCUT2D eigenvalue weighted by molar-refractivity contribution is -0.137. The molecule has 126 valence electrons. The second-order valence-corrected chi connectivity index (χ2v) is 5.58. The number of aliphatic hydroxyl groups excluding tert-OH is 1. The molecule has 2 atom stereocenters. The maximum Gasteiger partial charge on any atom is 0.416 e.